The van der Waals surface area contributed by atoms with Crippen LogP contribution in [0.25, 0.3) is 10.2 Å². The highest BCUT2D eigenvalue weighted by Gasteiger charge is 2.09. The maximum absolute atomic E-state index is 5.98. The van der Waals surface area contributed by atoms with Crippen molar-refractivity contribution in [1.29, 1.82) is 0 Å². The third-order valence-corrected chi connectivity index (χ3v) is 4.18. The minimum atomic E-state index is 0.283. The second kappa shape index (κ2) is 5.38. The van der Waals surface area contributed by atoms with Crippen molar-refractivity contribution in [2.75, 3.05) is 5.32 Å². The van der Waals surface area contributed by atoms with E-state index in [0.29, 0.717) is 0 Å². The Morgan fingerprint density at radius 3 is 2.65 bits per heavy atom. The van der Waals surface area contributed by atoms with E-state index in [1.165, 1.54) is 16.0 Å². The van der Waals surface area contributed by atoms with Gasteiger partial charge in [0.25, 0.3) is 0 Å². The van der Waals surface area contributed by atoms with Crippen LogP contribution in [0.3, 0.4) is 0 Å². The summed E-state index contributed by atoms with van der Waals surface area (Å²) in [5.74, 6) is 0.796. The minimum Gasteiger partial charge on any atom is -0.365 e. The van der Waals surface area contributed by atoms with Crippen molar-refractivity contribution in [3.05, 3.63) is 51.6 Å². The normalized spacial score (nSPS) is 10.9. The zero-order valence-electron chi connectivity index (χ0n) is 11.3. The maximum atomic E-state index is 5.98. The lowest BCUT2D eigenvalue weighted by molar-refractivity contribution is 1.10. The number of nitrogens with zero attached hydrogens (tertiary/aromatic N) is 2. The summed E-state index contributed by atoms with van der Waals surface area (Å²) in [6.45, 7) is 4.86. The molecule has 0 unspecified atom stereocenters. The number of thiophene rings is 1. The zero-order chi connectivity index (χ0) is 14.1. The maximum Gasteiger partial charge on any atom is 0.225 e. The Balaban J connectivity index is 1.88. The lowest BCUT2D eigenvalue weighted by Gasteiger charge is -2.07. The number of aromatic nitrogens is 2. The fourth-order valence-corrected chi connectivity index (χ4v) is 3.14. The van der Waals surface area contributed by atoms with Crippen LogP contribution in [-0.4, -0.2) is 9.97 Å². The molecule has 0 aliphatic heterocycles. The quantitative estimate of drug-likeness (QED) is 0.720. The van der Waals surface area contributed by atoms with Crippen molar-refractivity contribution in [2.24, 2.45) is 0 Å². The topological polar surface area (TPSA) is 37.8 Å². The number of rotatable bonds is 3. The number of anilines is 1. The second-order valence-corrected chi connectivity index (χ2v) is 6.33. The second-order valence-electron chi connectivity index (χ2n) is 4.76. The van der Waals surface area contributed by atoms with Crippen molar-refractivity contribution in [1.82, 2.24) is 9.97 Å². The van der Waals surface area contributed by atoms with E-state index in [9.17, 15) is 0 Å². The highest BCUT2D eigenvalue weighted by Crippen LogP contribution is 2.29. The number of aryl methyl sites for hydroxylation is 2. The van der Waals surface area contributed by atoms with Gasteiger partial charge in [-0.1, -0.05) is 29.8 Å². The minimum absolute atomic E-state index is 0.283. The molecule has 3 rings (SSSR count). The molecule has 0 aliphatic carbocycles. The van der Waals surface area contributed by atoms with Gasteiger partial charge in [-0.05, 0) is 37.1 Å². The molecule has 2 heterocycles. The van der Waals surface area contributed by atoms with Crippen LogP contribution < -0.4 is 5.32 Å². The average molecular weight is 304 g/mol. The smallest absolute Gasteiger partial charge is 0.225 e. The Morgan fingerprint density at radius 2 is 1.90 bits per heavy atom. The molecule has 0 bridgehead atoms. The number of fused-ring (bicyclic) bond motifs is 1. The Bertz CT molecular complexity index is 750. The van der Waals surface area contributed by atoms with Crippen LogP contribution in [0.15, 0.2) is 30.3 Å². The molecule has 1 N–H and O–H groups in total. The van der Waals surface area contributed by atoms with Crippen LogP contribution in [0.1, 0.15) is 16.0 Å². The highest BCUT2D eigenvalue weighted by molar-refractivity contribution is 7.18. The summed E-state index contributed by atoms with van der Waals surface area (Å²) in [7, 11) is 0. The van der Waals surface area contributed by atoms with Crippen LogP contribution in [0, 0.1) is 13.8 Å². The van der Waals surface area contributed by atoms with Gasteiger partial charge >= 0.3 is 0 Å². The van der Waals surface area contributed by atoms with Crippen molar-refractivity contribution < 1.29 is 0 Å². The predicted molar refractivity (Wildman–Crippen MR) is 85.7 cm³/mol. The molecular weight excluding hydrogens is 290 g/mol. The molecule has 0 atom stereocenters. The lowest BCUT2D eigenvalue weighted by atomic mass is 10.1. The first kappa shape index (κ1) is 13.3. The van der Waals surface area contributed by atoms with Gasteiger partial charge in [0.2, 0.25) is 5.28 Å². The van der Waals surface area contributed by atoms with Crippen LogP contribution in [0.5, 0.6) is 0 Å². The highest BCUT2D eigenvalue weighted by atomic mass is 35.5. The first-order valence-corrected chi connectivity index (χ1v) is 7.54. The lowest BCUT2D eigenvalue weighted by Crippen LogP contribution is -2.02. The summed E-state index contributed by atoms with van der Waals surface area (Å²) in [6, 6.07) is 10.5. The van der Waals surface area contributed by atoms with E-state index in [-0.39, 0.29) is 5.28 Å². The summed E-state index contributed by atoms with van der Waals surface area (Å²) in [5, 5.41) is 4.66. The number of nitrogens with one attached hydrogen (secondary N) is 1. The molecule has 0 radical (unpaired) electrons. The average Bonchev–Trinajstić information content (AvgIpc) is 2.78. The van der Waals surface area contributed by atoms with E-state index in [4.69, 9.17) is 11.6 Å². The SMILES string of the molecule is Cc1ccc(CNc2nc(Cl)nc3sc(C)cc23)cc1. The molecule has 0 spiro atoms. The van der Waals surface area contributed by atoms with Gasteiger partial charge in [0.1, 0.15) is 10.6 Å². The Morgan fingerprint density at radius 1 is 1.15 bits per heavy atom. The Kier molecular flexibility index (Phi) is 3.59. The monoisotopic (exact) mass is 303 g/mol. The van der Waals surface area contributed by atoms with Crippen LogP contribution in [0.2, 0.25) is 5.28 Å². The van der Waals surface area contributed by atoms with Gasteiger partial charge in [-0.15, -0.1) is 11.3 Å². The molecule has 2 aromatic heterocycles. The number of hydrogen-bond acceptors (Lipinski definition) is 4. The van der Waals surface area contributed by atoms with Crippen LogP contribution in [-0.2, 0) is 6.54 Å². The van der Waals surface area contributed by atoms with Gasteiger partial charge in [0.15, 0.2) is 0 Å². The largest absolute Gasteiger partial charge is 0.365 e. The third-order valence-electron chi connectivity index (χ3n) is 3.07. The Hall–Kier alpha value is -1.65. The van der Waals surface area contributed by atoms with E-state index in [1.54, 1.807) is 11.3 Å². The first-order chi connectivity index (χ1) is 9.61. The summed E-state index contributed by atoms with van der Waals surface area (Å²) in [5.41, 5.74) is 2.47. The molecule has 20 heavy (non-hydrogen) atoms. The van der Waals surface area contributed by atoms with Gasteiger partial charge in [-0.2, -0.15) is 0 Å². The summed E-state index contributed by atoms with van der Waals surface area (Å²) in [4.78, 5) is 10.7. The molecule has 3 aromatic rings. The van der Waals surface area contributed by atoms with Crippen molar-refractivity contribution in [3.8, 4) is 0 Å². The van der Waals surface area contributed by atoms with E-state index in [1.807, 2.05) is 0 Å². The van der Waals surface area contributed by atoms with Gasteiger partial charge in [0.05, 0.1) is 5.39 Å². The first-order valence-electron chi connectivity index (χ1n) is 6.35. The molecule has 1 aromatic carbocycles. The Labute approximate surface area is 126 Å². The van der Waals surface area contributed by atoms with Crippen LogP contribution >= 0.6 is 22.9 Å². The molecular formula is C15H14ClN3S. The standard InChI is InChI=1S/C15H14ClN3S/c1-9-3-5-11(6-4-9)8-17-13-12-7-10(2)20-14(12)19-15(16)18-13/h3-7H,8H2,1-2H3,(H,17,18,19). The molecule has 0 saturated carbocycles. The molecule has 0 fully saturated rings. The van der Waals surface area contributed by atoms with Gasteiger partial charge < -0.3 is 5.32 Å². The van der Waals surface area contributed by atoms with E-state index in [0.717, 1.165) is 22.6 Å². The van der Waals surface area contributed by atoms with E-state index < -0.39 is 0 Å². The summed E-state index contributed by atoms with van der Waals surface area (Å²) < 4.78 is 0. The molecule has 0 saturated heterocycles. The van der Waals surface area contributed by atoms with Gasteiger partial charge in [0, 0.05) is 11.4 Å². The van der Waals surface area contributed by atoms with Crippen molar-refractivity contribution in [3.63, 3.8) is 0 Å². The number of benzene rings is 1. The molecule has 0 amide bonds. The van der Waals surface area contributed by atoms with Gasteiger partial charge in [-0.3, -0.25) is 0 Å². The van der Waals surface area contributed by atoms with Crippen molar-refractivity contribution >= 4 is 39.0 Å². The molecule has 3 nitrogen and oxygen atoms in total. The summed E-state index contributed by atoms with van der Waals surface area (Å²) in [6.07, 6.45) is 0. The molecule has 0 aliphatic rings. The molecule has 102 valence electrons. The third kappa shape index (κ3) is 2.76. The fourth-order valence-electron chi connectivity index (χ4n) is 2.04. The number of halogens is 1. The molecule has 5 heteroatoms. The van der Waals surface area contributed by atoms with E-state index in [2.05, 4.69) is 59.5 Å². The number of hydrogen-bond donors (Lipinski definition) is 1. The summed E-state index contributed by atoms with van der Waals surface area (Å²) >= 11 is 7.61. The van der Waals surface area contributed by atoms with Crippen LogP contribution in [0.4, 0.5) is 5.82 Å². The zero-order valence-corrected chi connectivity index (χ0v) is 12.8. The predicted octanol–water partition coefficient (Wildman–Crippen LogP) is 4.57. The fraction of sp³-hybridized carbons (Fsp3) is 0.200. The van der Waals surface area contributed by atoms with E-state index >= 15 is 0 Å². The van der Waals surface area contributed by atoms with Crippen molar-refractivity contribution in [2.45, 2.75) is 20.4 Å². The van der Waals surface area contributed by atoms with Gasteiger partial charge in [-0.25, -0.2) is 9.97 Å².